The number of benzene rings is 1. The van der Waals surface area contributed by atoms with Crippen molar-refractivity contribution in [2.75, 3.05) is 0 Å². The Balaban J connectivity index is 1.50. The van der Waals surface area contributed by atoms with Gasteiger partial charge in [0, 0.05) is 0 Å². The normalized spacial score (nSPS) is 21.6. The van der Waals surface area contributed by atoms with E-state index in [0.29, 0.717) is 19.6 Å². The Labute approximate surface area is 196 Å². The smallest absolute Gasteiger partial charge is 0.153 e. The predicted molar refractivity (Wildman–Crippen MR) is 131 cm³/mol. The summed E-state index contributed by atoms with van der Waals surface area (Å²) >= 11 is 12.3. The molecule has 1 aromatic rings. The van der Waals surface area contributed by atoms with Crippen molar-refractivity contribution >= 4 is 94.1 Å². The zero-order chi connectivity index (χ0) is 19.7. The van der Waals surface area contributed by atoms with Gasteiger partial charge in [0.15, 0.2) is 11.6 Å². The molecular formula is C18H12F2S8. The molecule has 0 atom stereocenters. The van der Waals surface area contributed by atoms with E-state index in [9.17, 15) is 0 Å². The maximum Gasteiger partial charge on any atom is 0.153 e. The van der Waals surface area contributed by atoms with Crippen molar-refractivity contribution in [3.05, 3.63) is 48.2 Å². The summed E-state index contributed by atoms with van der Waals surface area (Å²) in [5.41, 5.74) is 0. The first-order valence-corrected chi connectivity index (χ1v) is 14.7. The summed E-state index contributed by atoms with van der Waals surface area (Å²) in [6.45, 7) is 8.36. The van der Waals surface area contributed by atoms with Gasteiger partial charge in [0.05, 0.1) is 36.5 Å². The van der Waals surface area contributed by atoms with Gasteiger partial charge >= 0.3 is 0 Å². The van der Waals surface area contributed by atoms with Gasteiger partial charge in [0.2, 0.25) is 0 Å². The van der Waals surface area contributed by atoms with Gasteiger partial charge in [-0.05, 0) is 47.3 Å². The Morgan fingerprint density at radius 2 is 0.607 bits per heavy atom. The van der Waals surface area contributed by atoms with Crippen LogP contribution >= 0.6 is 94.1 Å². The summed E-state index contributed by atoms with van der Waals surface area (Å²) in [5, 5.41) is 0. The Morgan fingerprint density at radius 1 is 0.393 bits per heavy atom. The van der Waals surface area contributed by atoms with Crippen LogP contribution in [-0.2, 0) is 0 Å². The van der Waals surface area contributed by atoms with Crippen LogP contribution in [0.25, 0.3) is 0 Å². The molecule has 10 heteroatoms. The molecular weight excluding hydrogens is 511 g/mol. The first-order valence-electron chi connectivity index (χ1n) is 8.14. The molecule has 0 radical (unpaired) electrons. The molecule has 4 heterocycles. The molecule has 0 N–H and O–H groups in total. The molecule has 0 aromatic heterocycles. The largest absolute Gasteiger partial charge is 0.204 e. The van der Waals surface area contributed by atoms with Crippen molar-refractivity contribution in [3.8, 4) is 0 Å². The Bertz CT molecular complexity index is 922. The summed E-state index contributed by atoms with van der Waals surface area (Å²) in [4.78, 5) is 6.85. The lowest BCUT2D eigenvalue weighted by Gasteiger charge is -2.05. The van der Waals surface area contributed by atoms with Gasteiger partial charge < -0.3 is 0 Å². The predicted octanol–water partition coefficient (Wildman–Crippen LogP) is 10.1. The van der Waals surface area contributed by atoms with Gasteiger partial charge in [0.1, 0.15) is 0 Å². The van der Waals surface area contributed by atoms with E-state index in [0.717, 1.165) is 16.9 Å². The van der Waals surface area contributed by atoms with E-state index in [4.69, 9.17) is 0 Å². The van der Waals surface area contributed by atoms with Crippen LogP contribution in [0.1, 0.15) is 27.7 Å². The van der Waals surface area contributed by atoms with Crippen LogP contribution in [0.5, 0.6) is 0 Å². The van der Waals surface area contributed by atoms with Gasteiger partial charge in [-0.2, -0.15) is 0 Å². The molecule has 5 rings (SSSR count). The third kappa shape index (κ3) is 3.38. The van der Waals surface area contributed by atoms with Crippen molar-refractivity contribution in [2.45, 2.75) is 47.3 Å². The second-order valence-corrected chi connectivity index (χ2v) is 16.2. The topological polar surface area (TPSA) is 0 Å². The lowest BCUT2D eigenvalue weighted by atomic mass is 10.3. The molecule has 0 spiro atoms. The minimum absolute atomic E-state index is 0.267. The van der Waals surface area contributed by atoms with E-state index in [1.165, 1.54) is 66.7 Å². The lowest BCUT2D eigenvalue weighted by Crippen LogP contribution is -1.91. The fourth-order valence-electron chi connectivity index (χ4n) is 2.60. The number of rotatable bonds is 0. The SMILES string of the molecule is CC1=C(C)SC(=C2Sc3c(F)c4c(c(F)c3S2)SC(=C2SC(C)=C(C)S2)S4)S1. The maximum atomic E-state index is 15.4. The number of allylic oxidation sites excluding steroid dienone is 4. The van der Waals surface area contributed by atoms with E-state index in [2.05, 4.69) is 27.7 Å². The molecule has 0 aliphatic carbocycles. The van der Waals surface area contributed by atoms with Crippen LogP contribution in [0.2, 0.25) is 0 Å². The third-order valence-corrected chi connectivity index (χ3v) is 15.8. The van der Waals surface area contributed by atoms with Crippen LogP contribution in [0.3, 0.4) is 0 Å². The quantitative estimate of drug-likeness (QED) is 0.326. The lowest BCUT2D eigenvalue weighted by molar-refractivity contribution is 0.504. The summed E-state index contributed by atoms with van der Waals surface area (Å²) in [6.07, 6.45) is 0. The minimum atomic E-state index is -0.267. The highest BCUT2D eigenvalue weighted by Crippen LogP contribution is 2.66. The second kappa shape index (κ2) is 7.76. The Kier molecular flexibility index (Phi) is 5.74. The fraction of sp³-hybridized carbons (Fsp3) is 0.222. The molecule has 0 saturated heterocycles. The minimum Gasteiger partial charge on any atom is -0.204 e. The van der Waals surface area contributed by atoms with Crippen molar-refractivity contribution in [2.24, 2.45) is 0 Å². The molecule has 1 aromatic carbocycles. The number of halogens is 2. The molecule has 28 heavy (non-hydrogen) atoms. The van der Waals surface area contributed by atoms with Crippen LogP contribution in [0.15, 0.2) is 56.2 Å². The highest BCUT2D eigenvalue weighted by Gasteiger charge is 2.38. The van der Waals surface area contributed by atoms with Gasteiger partial charge in [-0.1, -0.05) is 94.1 Å². The zero-order valence-electron chi connectivity index (χ0n) is 15.0. The first kappa shape index (κ1) is 20.7. The molecule has 0 unspecified atom stereocenters. The van der Waals surface area contributed by atoms with Crippen LogP contribution in [-0.4, -0.2) is 0 Å². The zero-order valence-corrected chi connectivity index (χ0v) is 21.6. The first-order chi connectivity index (χ1) is 13.3. The molecule has 4 aliphatic rings. The van der Waals surface area contributed by atoms with E-state index in [1.807, 2.05) is 0 Å². The number of hydrogen-bond acceptors (Lipinski definition) is 8. The average Bonchev–Trinajstić information content (AvgIpc) is 3.40. The Hall–Kier alpha value is 0.840. The highest BCUT2D eigenvalue weighted by atomic mass is 32.2. The van der Waals surface area contributed by atoms with E-state index in [1.54, 1.807) is 47.0 Å². The number of fused-ring (bicyclic) bond motifs is 2. The second-order valence-electron chi connectivity index (χ2n) is 6.14. The summed E-state index contributed by atoms with van der Waals surface area (Å²) in [5.74, 6) is -0.534. The molecule has 4 aliphatic heterocycles. The van der Waals surface area contributed by atoms with Crippen LogP contribution < -0.4 is 0 Å². The van der Waals surface area contributed by atoms with E-state index in [-0.39, 0.29) is 11.6 Å². The third-order valence-electron chi connectivity index (χ3n) is 4.30. The van der Waals surface area contributed by atoms with Crippen molar-refractivity contribution in [1.82, 2.24) is 0 Å². The van der Waals surface area contributed by atoms with Gasteiger partial charge in [-0.3, -0.25) is 0 Å². The summed E-state index contributed by atoms with van der Waals surface area (Å²) < 4.78 is 35.0. The van der Waals surface area contributed by atoms with Gasteiger partial charge in [0.25, 0.3) is 0 Å². The molecule has 0 saturated carbocycles. The van der Waals surface area contributed by atoms with Crippen molar-refractivity contribution < 1.29 is 8.78 Å². The maximum absolute atomic E-state index is 15.4. The van der Waals surface area contributed by atoms with E-state index < -0.39 is 0 Å². The fourth-order valence-corrected chi connectivity index (χ4v) is 13.5. The summed E-state index contributed by atoms with van der Waals surface area (Å²) in [6, 6.07) is 0. The molecule has 0 amide bonds. The van der Waals surface area contributed by atoms with Crippen LogP contribution in [0.4, 0.5) is 8.78 Å². The summed E-state index contributed by atoms with van der Waals surface area (Å²) in [7, 11) is 0. The van der Waals surface area contributed by atoms with Gasteiger partial charge in [-0.15, -0.1) is 0 Å². The molecule has 146 valence electrons. The van der Waals surface area contributed by atoms with Gasteiger partial charge in [-0.25, -0.2) is 8.78 Å². The molecule has 0 fully saturated rings. The molecule has 0 bridgehead atoms. The monoisotopic (exact) mass is 522 g/mol. The van der Waals surface area contributed by atoms with Crippen molar-refractivity contribution in [1.29, 1.82) is 0 Å². The van der Waals surface area contributed by atoms with E-state index >= 15 is 8.78 Å². The highest BCUT2D eigenvalue weighted by molar-refractivity contribution is 8.33. The average molecular weight is 523 g/mol. The number of hydrogen-bond donors (Lipinski definition) is 0. The number of thioether (sulfide) groups is 8. The Morgan fingerprint density at radius 3 is 0.857 bits per heavy atom. The van der Waals surface area contributed by atoms with Crippen molar-refractivity contribution in [3.63, 3.8) is 0 Å². The standard InChI is InChI=1S/C18H12F2S8/c1-5-6(2)22-15(21-5)17-25-11-9(19)13-14(10(20)12(11)26-17)28-18(27-13)16-23-7(3)8(4)24-16/h1-4H3. The molecule has 0 nitrogen and oxygen atoms in total. The van der Waals surface area contributed by atoms with Crippen LogP contribution in [0, 0.1) is 11.6 Å².